The SMILES string of the molecule is CC(C)(C)[C@H](CC(=O)CC1(CSc2ccccn2)CCCCC1)C(=O)N1CC2[C@@H]([C@H]1C(=O)CC(CC1CCC1)C(=O)C(N)=O)C2(C)C. The summed E-state index contributed by atoms with van der Waals surface area (Å²) < 4.78 is 0. The molecule has 1 aliphatic heterocycles. The molecular formula is C38H55N3O5S. The molecule has 1 aromatic rings. The fourth-order valence-corrected chi connectivity index (χ4v) is 10.0. The summed E-state index contributed by atoms with van der Waals surface area (Å²) in [5.41, 5.74) is 4.74. The first kappa shape index (κ1) is 35.7. The normalized spacial score (nSPS) is 26.1. The lowest BCUT2D eigenvalue weighted by molar-refractivity contribution is -0.148. The molecule has 4 fully saturated rings. The van der Waals surface area contributed by atoms with E-state index in [-0.39, 0.29) is 53.0 Å². The van der Waals surface area contributed by atoms with Crippen molar-refractivity contribution in [2.75, 3.05) is 12.3 Å². The van der Waals surface area contributed by atoms with Crippen molar-refractivity contribution in [1.29, 1.82) is 0 Å². The van der Waals surface area contributed by atoms with Crippen LogP contribution < -0.4 is 5.73 Å². The molecule has 0 radical (unpaired) electrons. The van der Waals surface area contributed by atoms with E-state index in [2.05, 4.69) is 18.8 Å². The predicted octanol–water partition coefficient (Wildman–Crippen LogP) is 6.44. The second kappa shape index (κ2) is 14.1. The van der Waals surface area contributed by atoms with Crippen molar-refractivity contribution in [2.45, 2.75) is 123 Å². The minimum absolute atomic E-state index is 0.0115. The van der Waals surface area contributed by atoms with Gasteiger partial charge in [0.2, 0.25) is 11.7 Å². The molecule has 9 heteroatoms. The van der Waals surface area contributed by atoms with E-state index in [9.17, 15) is 24.0 Å². The highest BCUT2D eigenvalue weighted by atomic mass is 32.2. The van der Waals surface area contributed by atoms with E-state index in [1.807, 2.05) is 39.0 Å². The van der Waals surface area contributed by atoms with Crippen molar-refractivity contribution in [3.8, 4) is 0 Å². The second-order valence-corrected chi connectivity index (χ2v) is 17.9. The zero-order chi connectivity index (χ0) is 34.1. The number of nitrogens with two attached hydrogens (primary N) is 1. The van der Waals surface area contributed by atoms with Gasteiger partial charge in [-0.2, -0.15) is 0 Å². The molecule has 258 valence electrons. The Morgan fingerprint density at radius 3 is 2.30 bits per heavy atom. The smallest absolute Gasteiger partial charge is 0.285 e. The molecule has 8 nitrogen and oxygen atoms in total. The Labute approximate surface area is 285 Å². The van der Waals surface area contributed by atoms with Crippen LogP contribution >= 0.6 is 11.8 Å². The van der Waals surface area contributed by atoms with Crippen molar-refractivity contribution >= 4 is 40.9 Å². The Bertz CT molecular complexity index is 1340. The van der Waals surface area contributed by atoms with Crippen molar-refractivity contribution in [2.24, 2.45) is 51.6 Å². The highest BCUT2D eigenvalue weighted by Crippen LogP contribution is 2.65. The van der Waals surface area contributed by atoms with Crippen LogP contribution in [0.25, 0.3) is 0 Å². The summed E-state index contributed by atoms with van der Waals surface area (Å²) in [4.78, 5) is 73.6. The molecule has 4 aliphatic rings. The first-order valence-corrected chi connectivity index (χ1v) is 18.8. The molecule has 1 aromatic heterocycles. The number of fused-ring (bicyclic) bond motifs is 1. The Morgan fingerprint density at radius 2 is 1.72 bits per heavy atom. The minimum atomic E-state index is -0.994. The van der Waals surface area contributed by atoms with Crippen LogP contribution in [-0.2, 0) is 24.0 Å². The molecule has 2 amide bonds. The molecule has 1 saturated heterocycles. The highest BCUT2D eigenvalue weighted by molar-refractivity contribution is 7.99. The number of nitrogens with zero attached hydrogens (tertiary/aromatic N) is 2. The Kier molecular flexibility index (Phi) is 10.7. The summed E-state index contributed by atoms with van der Waals surface area (Å²) >= 11 is 1.72. The molecule has 5 atom stereocenters. The van der Waals surface area contributed by atoms with E-state index < -0.39 is 35.0 Å². The molecular weight excluding hydrogens is 611 g/mol. The number of hydrogen-bond acceptors (Lipinski definition) is 7. The van der Waals surface area contributed by atoms with Gasteiger partial charge in [0, 0.05) is 49.6 Å². The number of aromatic nitrogens is 1. The fraction of sp³-hybridized carbons (Fsp3) is 0.737. The number of ketones is 3. The number of pyridine rings is 1. The molecule has 47 heavy (non-hydrogen) atoms. The molecule has 0 aromatic carbocycles. The maximum absolute atomic E-state index is 14.5. The Balaban J connectivity index is 1.31. The van der Waals surface area contributed by atoms with Gasteiger partial charge < -0.3 is 10.6 Å². The first-order valence-electron chi connectivity index (χ1n) is 17.9. The van der Waals surface area contributed by atoms with E-state index in [4.69, 9.17) is 5.73 Å². The summed E-state index contributed by atoms with van der Waals surface area (Å²) in [5.74, 6) is -1.78. The lowest BCUT2D eigenvalue weighted by Crippen LogP contribution is -2.51. The molecule has 2 heterocycles. The lowest BCUT2D eigenvalue weighted by atomic mass is 9.70. The van der Waals surface area contributed by atoms with Gasteiger partial charge >= 0.3 is 0 Å². The van der Waals surface area contributed by atoms with Gasteiger partial charge in [0.25, 0.3) is 5.91 Å². The Morgan fingerprint density at radius 1 is 1.02 bits per heavy atom. The average Bonchev–Trinajstić information content (AvgIpc) is 3.31. The number of amides is 2. The first-order chi connectivity index (χ1) is 22.1. The maximum Gasteiger partial charge on any atom is 0.285 e. The summed E-state index contributed by atoms with van der Waals surface area (Å²) in [7, 11) is 0. The number of carbonyl (C=O) groups is 5. The quantitative estimate of drug-likeness (QED) is 0.169. The van der Waals surface area contributed by atoms with Crippen LogP contribution in [0.5, 0.6) is 0 Å². The number of likely N-dealkylation sites (tertiary alicyclic amines) is 1. The van der Waals surface area contributed by atoms with Crippen LogP contribution in [0.15, 0.2) is 29.4 Å². The number of piperidine rings is 1. The van der Waals surface area contributed by atoms with Gasteiger partial charge in [-0.1, -0.05) is 79.2 Å². The van der Waals surface area contributed by atoms with Crippen LogP contribution in [-0.4, -0.2) is 57.4 Å². The van der Waals surface area contributed by atoms with E-state index in [1.165, 1.54) is 6.42 Å². The second-order valence-electron chi connectivity index (χ2n) is 16.9. The third-order valence-electron chi connectivity index (χ3n) is 12.2. The number of carbonyl (C=O) groups excluding carboxylic acids is 5. The van der Waals surface area contributed by atoms with E-state index in [0.29, 0.717) is 25.3 Å². The highest BCUT2D eigenvalue weighted by Gasteiger charge is 2.69. The van der Waals surface area contributed by atoms with Crippen LogP contribution in [0.1, 0.15) is 112 Å². The van der Waals surface area contributed by atoms with Gasteiger partial charge in [-0.25, -0.2) is 4.98 Å². The van der Waals surface area contributed by atoms with E-state index in [0.717, 1.165) is 55.7 Å². The van der Waals surface area contributed by atoms with Gasteiger partial charge in [-0.05, 0) is 65.4 Å². The molecule has 2 unspecified atom stereocenters. The monoisotopic (exact) mass is 665 g/mol. The third kappa shape index (κ3) is 8.02. The van der Waals surface area contributed by atoms with Crippen LogP contribution in [0.2, 0.25) is 0 Å². The van der Waals surface area contributed by atoms with E-state index in [1.54, 1.807) is 22.9 Å². The number of Topliss-reactive ketones (excluding diaryl/α,β-unsaturated/α-hetero) is 3. The topological polar surface area (TPSA) is 128 Å². The minimum Gasteiger partial charge on any atom is -0.363 e. The number of primary amides is 1. The van der Waals surface area contributed by atoms with Gasteiger partial charge in [-0.15, -0.1) is 11.8 Å². The Hall–Kier alpha value is -2.55. The molecule has 0 spiro atoms. The standard InChI is InChI=1S/C38H55N3O5S/c1-36(2,3)27(20-26(42)21-38(15-8-6-9-16-38)23-47-30-14-7-10-17-40-30)35(46)41-22-28-31(37(28,4)5)32(41)29(43)19-25(33(44)34(39)45)18-24-12-11-13-24/h7,10,14,17,24-25,27-28,31-32H,6,8-9,11-13,15-16,18-23H2,1-5H3,(H2,39,45)/t25?,27-,28?,31+,32-/m1/s1. The van der Waals surface area contributed by atoms with Crippen molar-refractivity contribution in [3.05, 3.63) is 24.4 Å². The molecule has 2 N–H and O–H groups in total. The maximum atomic E-state index is 14.5. The zero-order valence-corrected chi connectivity index (χ0v) is 29.9. The molecule has 0 bridgehead atoms. The van der Waals surface area contributed by atoms with Gasteiger partial charge in [0.15, 0.2) is 5.78 Å². The molecule has 3 saturated carbocycles. The third-order valence-corrected chi connectivity index (χ3v) is 13.4. The molecule has 5 rings (SSSR count). The zero-order valence-electron chi connectivity index (χ0n) is 29.1. The molecule has 3 aliphatic carbocycles. The van der Waals surface area contributed by atoms with Crippen LogP contribution in [0.4, 0.5) is 0 Å². The number of rotatable bonds is 15. The fourth-order valence-electron chi connectivity index (χ4n) is 8.88. The summed E-state index contributed by atoms with van der Waals surface area (Å²) in [6, 6.07) is 5.26. The summed E-state index contributed by atoms with van der Waals surface area (Å²) in [5, 5.41) is 0.964. The van der Waals surface area contributed by atoms with Gasteiger partial charge in [-0.3, -0.25) is 24.0 Å². The summed E-state index contributed by atoms with van der Waals surface area (Å²) in [6.07, 6.45) is 11.3. The van der Waals surface area contributed by atoms with Crippen LogP contribution in [0, 0.1) is 45.8 Å². The largest absolute Gasteiger partial charge is 0.363 e. The summed E-state index contributed by atoms with van der Waals surface area (Å²) in [6.45, 7) is 10.8. The average molecular weight is 666 g/mol. The lowest BCUT2D eigenvalue weighted by Gasteiger charge is -2.39. The van der Waals surface area contributed by atoms with Gasteiger partial charge in [0.05, 0.1) is 11.1 Å². The van der Waals surface area contributed by atoms with Gasteiger partial charge in [0.1, 0.15) is 5.78 Å². The predicted molar refractivity (Wildman–Crippen MR) is 183 cm³/mol. The van der Waals surface area contributed by atoms with Crippen LogP contribution in [0.3, 0.4) is 0 Å². The van der Waals surface area contributed by atoms with Crippen molar-refractivity contribution < 1.29 is 24.0 Å². The van der Waals surface area contributed by atoms with Crippen molar-refractivity contribution in [1.82, 2.24) is 9.88 Å². The van der Waals surface area contributed by atoms with E-state index >= 15 is 0 Å². The van der Waals surface area contributed by atoms with Crippen molar-refractivity contribution in [3.63, 3.8) is 0 Å². The number of thioether (sulfide) groups is 1. The number of hydrogen-bond donors (Lipinski definition) is 1.